The molecule has 0 atom stereocenters. The maximum Gasteiger partial charge on any atom is 0.119 e. The summed E-state index contributed by atoms with van der Waals surface area (Å²) in [5, 5.41) is 0. The first-order valence-electron chi connectivity index (χ1n) is 5.70. The van der Waals surface area contributed by atoms with E-state index in [1.807, 2.05) is 18.2 Å². The van der Waals surface area contributed by atoms with Gasteiger partial charge in [0.05, 0.1) is 0 Å². The third kappa shape index (κ3) is 3.53. The molecular formula is C15H18OS. The van der Waals surface area contributed by atoms with Crippen LogP contribution in [0.25, 0.3) is 0 Å². The number of thiol groups is 1. The Kier molecular flexibility index (Phi) is 4.10. The van der Waals surface area contributed by atoms with Crippen LogP contribution in [-0.4, -0.2) is 12.5 Å². The lowest BCUT2D eigenvalue weighted by molar-refractivity contribution is 0.306. The Morgan fingerprint density at radius 3 is 2.12 bits per heavy atom. The molecule has 2 rings (SSSR count). The average molecular weight is 246 g/mol. The van der Waals surface area contributed by atoms with Gasteiger partial charge in [0.1, 0.15) is 12.4 Å². The van der Waals surface area contributed by atoms with Crippen molar-refractivity contribution >= 4 is 10.9 Å². The van der Waals surface area contributed by atoms with E-state index in [0.29, 0.717) is 6.61 Å². The molecule has 0 saturated carbocycles. The molecule has 0 amide bonds. The summed E-state index contributed by atoms with van der Waals surface area (Å²) in [6.45, 7) is 0.632. The van der Waals surface area contributed by atoms with Gasteiger partial charge in [0.2, 0.25) is 0 Å². The highest BCUT2D eigenvalue weighted by molar-refractivity contribution is 8.15. The van der Waals surface area contributed by atoms with Crippen molar-refractivity contribution in [3.05, 3.63) is 60.2 Å². The standard InChI is InChI=1S/C15H18OS/c1-17(2)15-10-8-14(9-11-15)16-12-13-6-4-3-5-7-13/h3-11,17H,12H2,1-2H3. The van der Waals surface area contributed by atoms with Crippen LogP contribution in [0.2, 0.25) is 0 Å². The average Bonchev–Trinajstić information content (AvgIpc) is 2.38. The zero-order valence-corrected chi connectivity index (χ0v) is 11.2. The molecule has 0 aliphatic carbocycles. The van der Waals surface area contributed by atoms with Gasteiger partial charge < -0.3 is 4.74 Å². The first kappa shape index (κ1) is 12.1. The van der Waals surface area contributed by atoms with E-state index in [1.165, 1.54) is 10.5 Å². The van der Waals surface area contributed by atoms with Gasteiger partial charge in [0.15, 0.2) is 0 Å². The minimum absolute atomic E-state index is 0.0166. The van der Waals surface area contributed by atoms with Crippen molar-refractivity contribution in [1.29, 1.82) is 0 Å². The molecule has 0 unspecified atom stereocenters. The molecule has 1 nitrogen and oxygen atoms in total. The summed E-state index contributed by atoms with van der Waals surface area (Å²) in [7, 11) is -0.0166. The maximum absolute atomic E-state index is 5.73. The maximum atomic E-state index is 5.73. The predicted octanol–water partition coefficient (Wildman–Crippen LogP) is 3.89. The summed E-state index contributed by atoms with van der Waals surface area (Å²) in [6.07, 6.45) is 4.52. The second-order valence-electron chi connectivity index (χ2n) is 4.16. The Balaban J connectivity index is 1.96. The second kappa shape index (κ2) is 5.78. The van der Waals surface area contributed by atoms with E-state index in [1.54, 1.807) is 0 Å². The molecule has 0 fully saturated rings. The fourth-order valence-electron chi connectivity index (χ4n) is 1.58. The molecule has 0 aromatic heterocycles. The molecule has 0 bridgehead atoms. The van der Waals surface area contributed by atoms with Gasteiger partial charge in [-0.3, -0.25) is 0 Å². The molecule has 0 saturated heterocycles. The smallest absolute Gasteiger partial charge is 0.119 e. The topological polar surface area (TPSA) is 9.23 Å². The Morgan fingerprint density at radius 1 is 0.882 bits per heavy atom. The number of hydrogen-bond donors (Lipinski definition) is 1. The predicted molar refractivity (Wildman–Crippen MR) is 76.3 cm³/mol. The van der Waals surface area contributed by atoms with Crippen molar-refractivity contribution in [3.63, 3.8) is 0 Å². The highest BCUT2D eigenvalue weighted by atomic mass is 32.2. The van der Waals surface area contributed by atoms with Crippen LogP contribution in [0.1, 0.15) is 5.56 Å². The largest absolute Gasteiger partial charge is 0.489 e. The highest BCUT2D eigenvalue weighted by Gasteiger charge is 1.97. The van der Waals surface area contributed by atoms with Crippen molar-refractivity contribution in [1.82, 2.24) is 0 Å². The number of hydrogen-bond acceptors (Lipinski definition) is 1. The second-order valence-corrected chi connectivity index (χ2v) is 6.47. The van der Waals surface area contributed by atoms with E-state index in [-0.39, 0.29) is 10.9 Å². The summed E-state index contributed by atoms with van der Waals surface area (Å²) in [4.78, 5) is 1.41. The minimum Gasteiger partial charge on any atom is -0.489 e. The Bertz CT molecular complexity index is 448. The summed E-state index contributed by atoms with van der Waals surface area (Å²) in [5.41, 5.74) is 1.20. The Hall–Kier alpha value is -1.41. The molecule has 2 aromatic carbocycles. The molecule has 0 N–H and O–H groups in total. The van der Waals surface area contributed by atoms with E-state index in [2.05, 4.69) is 48.9 Å². The van der Waals surface area contributed by atoms with Crippen molar-refractivity contribution in [3.8, 4) is 5.75 Å². The summed E-state index contributed by atoms with van der Waals surface area (Å²) in [5.74, 6) is 0.939. The number of benzene rings is 2. The van der Waals surface area contributed by atoms with E-state index < -0.39 is 0 Å². The monoisotopic (exact) mass is 246 g/mol. The van der Waals surface area contributed by atoms with Crippen molar-refractivity contribution in [2.45, 2.75) is 11.5 Å². The van der Waals surface area contributed by atoms with Crippen LogP contribution in [-0.2, 0) is 6.61 Å². The number of ether oxygens (including phenoxy) is 1. The molecular weight excluding hydrogens is 228 g/mol. The normalized spacial score (nSPS) is 11.1. The third-order valence-electron chi connectivity index (χ3n) is 2.60. The van der Waals surface area contributed by atoms with Crippen molar-refractivity contribution in [2.75, 3.05) is 12.5 Å². The lowest BCUT2D eigenvalue weighted by atomic mass is 10.2. The van der Waals surface area contributed by atoms with Gasteiger partial charge in [0.25, 0.3) is 0 Å². The van der Waals surface area contributed by atoms with Gasteiger partial charge in [0, 0.05) is 0 Å². The summed E-state index contributed by atoms with van der Waals surface area (Å²) < 4.78 is 5.73. The van der Waals surface area contributed by atoms with Gasteiger partial charge >= 0.3 is 0 Å². The molecule has 2 heteroatoms. The molecule has 0 aliphatic rings. The zero-order chi connectivity index (χ0) is 12.1. The summed E-state index contributed by atoms with van der Waals surface area (Å²) >= 11 is 0. The molecule has 0 radical (unpaired) electrons. The van der Waals surface area contributed by atoms with E-state index in [0.717, 1.165) is 5.75 Å². The molecule has 90 valence electrons. The van der Waals surface area contributed by atoms with E-state index in [4.69, 9.17) is 4.74 Å². The van der Waals surface area contributed by atoms with Gasteiger partial charge in [-0.2, -0.15) is 0 Å². The SMILES string of the molecule is C[SH](C)c1ccc(OCc2ccccc2)cc1. The molecule has 2 aromatic rings. The van der Waals surface area contributed by atoms with E-state index >= 15 is 0 Å². The first-order chi connectivity index (χ1) is 8.25. The molecule has 0 spiro atoms. The van der Waals surface area contributed by atoms with Crippen molar-refractivity contribution < 1.29 is 4.74 Å². The van der Waals surface area contributed by atoms with Gasteiger partial charge in [-0.25, -0.2) is 10.9 Å². The quantitative estimate of drug-likeness (QED) is 0.805. The number of rotatable bonds is 4. The van der Waals surface area contributed by atoms with Crippen LogP contribution in [0.5, 0.6) is 5.75 Å². The van der Waals surface area contributed by atoms with Crippen LogP contribution in [0.15, 0.2) is 59.5 Å². The molecule has 17 heavy (non-hydrogen) atoms. The van der Waals surface area contributed by atoms with Gasteiger partial charge in [-0.1, -0.05) is 30.3 Å². The fraction of sp³-hybridized carbons (Fsp3) is 0.200. The minimum atomic E-state index is -0.0166. The van der Waals surface area contributed by atoms with Crippen LogP contribution in [0.4, 0.5) is 0 Å². The fourth-order valence-corrected chi connectivity index (χ4v) is 2.33. The first-order valence-corrected chi connectivity index (χ1v) is 7.93. The van der Waals surface area contributed by atoms with Crippen LogP contribution in [0, 0.1) is 0 Å². The van der Waals surface area contributed by atoms with Crippen LogP contribution >= 0.6 is 10.9 Å². The van der Waals surface area contributed by atoms with Crippen LogP contribution in [0.3, 0.4) is 0 Å². The third-order valence-corrected chi connectivity index (χ3v) is 3.93. The Morgan fingerprint density at radius 2 is 1.53 bits per heavy atom. The van der Waals surface area contributed by atoms with Gasteiger partial charge in [-0.05, 0) is 47.2 Å². The molecule has 0 aliphatic heterocycles. The van der Waals surface area contributed by atoms with Gasteiger partial charge in [-0.15, -0.1) is 0 Å². The zero-order valence-electron chi connectivity index (χ0n) is 10.3. The lowest BCUT2D eigenvalue weighted by Crippen LogP contribution is -1.94. The summed E-state index contributed by atoms with van der Waals surface area (Å²) in [6, 6.07) is 18.7. The Labute approximate surface area is 106 Å². The highest BCUT2D eigenvalue weighted by Crippen LogP contribution is 2.29. The lowest BCUT2D eigenvalue weighted by Gasteiger charge is -2.11. The van der Waals surface area contributed by atoms with Crippen molar-refractivity contribution in [2.24, 2.45) is 0 Å². The van der Waals surface area contributed by atoms with E-state index in [9.17, 15) is 0 Å². The molecule has 0 heterocycles. The van der Waals surface area contributed by atoms with Crippen LogP contribution < -0.4 is 4.74 Å².